The summed E-state index contributed by atoms with van der Waals surface area (Å²) in [6.45, 7) is 1.91. The molecule has 0 saturated carbocycles. The molecule has 1 fully saturated rings. The molecule has 0 aliphatic carbocycles. The van der Waals surface area contributed by atoms with E-state index in [1.807, 2.05) is 49.4 Å². The summed E-state index contributed by atoms with van der Waals surface area (Å²) in [5, 5.41) is 29.1. The van der Waals surface area contributed by atoms with Crippen LogP contribution < -0.4 is 5.32 Å². The lowest BCUT2D eigenvalue weighted by Crippen LogP contribution is -2.53. The number of hydrogen-bond acceptors (Lipinski definition) is 4. The van der Waals surface area contributed by atoms with Gasteiger partial charge in [-0.05, 0) is 24.6 Å². The predicted octanol–water partition coefficient (Wildman–Crippen LogP) is 2.65. The molecule has 0 radical (unpaired) electrons. The van der Waals surface area contributed by atoms with E-state index in [0.29, 0.717) is 6.54 Å². The molecule has 8 heteroatoms. The van der Waals surface area contributed by atoms with Crippen molar-refractivity contribution in [2.24, 2.45) is 0 Å². The van der Waals surface area contributed by atoms with Crippen LogP contribution in [0.4, 0.5) is 0 Å². The maximum Gasteiger partial charge on any atom is 0.252 e. The van der Waals surface area contributed by atoms with E-state index in [4.69, 9.17) is 4.74 Å². The van der Waals surface area contributed by atoms with Crippen molar-refractivity contribution in [2.45, 2.75) is 37.4 Å². The minimum absolute atomic E-state index is 0. The quantitative estimate of drug-likeness (QED) is 0.358. The number of nitrogens with one attached hydrogen (secondary N) is 1. The van der Waals surface area contributed by atoms with Gasteiger partial charge in [0.05, 0.1) is 34.2 Å². The molecule has 8 rings (SSSR count). The van der Waals surface area contributed by atoms with Gasteiger partial charge in [-0.3, -0.25) is 4.79 Å². The largest absolute Gasteiger partial charge is 0.412 e. The Morgan fingerprint density at radius 3 is 2.47 bits per heavy atom. The fourth-order valence-electron chi connectivity index (χ4n) is 6.73. The summed E-state index contributed by atoms with van der Waals surface area (Å²) < 4.78 is 10.9. The number of aliphatic hydroxyl groups excluding tert-OH is 1. The molecule has 5 N–H and O–H groups in total. The molecule has 1 amide bonds. The molecule has 1 saturated heterocycles. The molecule has 0 spiro atoms. The minimum atomic E-state index is -1.48. The standard InChI is InChI=1S/C26H21N3O4.H2O/c1-25-26(32,12-30)10-18(33-25)28-16-8-4-2-6-13(16)20-21-15(11-27-24(21)31)19-14-7-3-5-9-17(14)29(25)23(19)22(20)28;/h2-9,18,30,32H,10-12H2,1H3,(H,27,31);1H2/t18-,25+,26+;/m1./s1. The third-order valence-electron chi connectivity index (χ3n) is 8.23. The number of ether oxygens (including phenoxy) is 1. The van der Waals surface area contributed by atoms with Crippen molar-refractivity contribution in [2.75, 3.05) is 6.61 Å². The number of nitrogens with zero attached hydrogens (tertiary/aromatic N) is 2. The van der Waals surface area contributed by atoms with Gasteiger partial charge < -0.3 is 34.9 Å². The van der Waals surface area contributed by atoms with Crippen molar-refractivity contribution in [3.8, 4) is 0 Å². The number of para-hydroxylation sites is 2. The molecular formula is C26H23N3O5. The van der Waals surface area contributed by atoms with Crippen molar-refractivity contribution in [3.05, 3.63) is 59.7 Å². The zero-order valence-electron chi connectivity index (χ0n) is 18.4. The van der Waals surface area contributed by atoms with Gasteiger partial charge in [0.25, 0.3) is 5.91 Å². The maximum absolute atomic E-state index is 13.2. The first-order valence-electron chi connectivity index (χ1n) is 11.3. The Morgan fingerprint density at radius 2 is 1.74 bits per heavy atom. The Hall–Kier alpha value is -3.43. The molecule has 3 aliphatic rings. The second-order valence-corrected chi connectivity index (χ2v) is 9.67. The second-order valence-electron chi connectivity index (χ2n) is 9.67. The van der Waals surface area contributed by atoms with Crippen LogP contribution in [0.3, 0.4) is 0 Å². The van der Waals surface area contributed by atoms with E-state index >= 15 is 0 Å². The van der Waals surface area contributed by atoms with Crippen molar-refractivity contribution in [1.82, 2.24) is 14.5 Å². The van der Waals surface area contributed by atoms with Crippen LogP contribution in [-0.4, -0.2) is 42.9 Å². The third kappa shape index (κ3) is 1.88. The summed E-state index contributed by atoms with van der Waals surface area (Å²) in [6, 6.07) is 16.1. The highest BCUT2D eigenvalue weighted by Gasteiger charge is 2.60. The summed E-state index contributed by atoms with van der Waals surface area (Å²) in [5.74, 6) is -0.0555. The van der Waals surface area contributed by atoms with Gasteiger partial charge in [0.2, 0.25) is 0 Å². The Morgan fingerprint density at radius 1 is 1.06 bits per heavy atom. The zero-order chi connectivity index (χ0) is 22.3. The van der Waals surface area contributed by atoms with Crippen molar-refractivity contribution >= 4 is 49.5 Å². The molecule has 5 aromatic rings. The van der Waals surface area contributed by atoms with Crippen LogP contribution in [0.2, 0.25) is 0 Å². The Kier molecular flexibility index (Phi) is 3.51. The molecule has 34 heavy (non-hydrogen) atoms. The van der Waals surface area contributed by atoms with Gasteiger partial charge in [0.15, 0.2) is 5.72 Å². The van der Waals surface area contributed by atoms with Gasteiger partial charge >= 0.3 is 0 Å². The summed E-state index contributed by atoms with van der Waals surface area (Å²) >= 11 is 0. The van der Waals surface area contributed by atoms with Gasteiger partial charge in [0, 0.05) is 34.5 Å². The molecular weight excluding hydrogens is 434 g/mol. The smallest absolute Gasteiger partial charge is 0.252 e. The van der Waals surface area contributed by atoms with Crippen LogP contribution in [0.5, 0.6) is 0 Å². The number of aliphatic hydroxyl groups is 2. The highest BCUT2D eigenvalue weighted by Crippen LogP contribution is 2.57. The lowest BCUT2D eigenvalue weighted by atomic mass is 9.89. The van der Waals surface area contributed by atoms with E-state index in [9.17, 15) is 15.0 Å². The van der Waals surface area contributed by atoms with Crippen molar-refractivity contribution in [3.63, 3.8) is 0 Å². The first-order chi connectivity index (χ1) is 16.0. The van der Waals surface area contributed by atoms with E-state index in [2.05, 4.69) is 20.5 Å². The van der Waals surface area contributed by atoms with Crippen molar-refractivity contribution in [1.29, 1.82) is 0 Å². The van der Waals surface area contributed by atoms with E-state index < -0.39 is 24.2 Å². The van der Waals surface area contributed by atoms with Crippen LogP contribution in [0.15, 0.2) is 48.5 Å². The number of hydrogen-bond donors (Lipinski definition) is 3. The molecule has 8 nitrogen and oxygen atoms in total. The molecule has 2 bridgehead atoms. The van der Waals surface area contributed by atoms with Crippen LogP contribution >= 0.6 is 0 Å². The number of rotatable bonds is 1. The predicted molar refractivity (Wildman–Crippen MR) is 128 cm³/mol. The fraction of sp³-hybridized carbons (Fsp3) is 0.269. The number of aromatic nitrogens is 2. The van der Waals surface area contributed by atoms with Gasteiger partial charge in [-0.25, -0.2) is 0 Å². The van der Waals surface area contributed by atoms with E-state index in [1.54, 1.807) is 0 Å². The Labute approximate surface area is 193 Å². The molecule has 2 aromatic heterocycles. The number of amides is 1. The zero-order valence-corrected chi connectivity index (χ0v) is 18.4. The number of carbonyl (C=O) groups is 1. The third-order valence-corrected chi connectivity index (χ3v) is 8.23. The average Bonchev–Trinajstić information content (AvgIpc) is 3.51. The molecule has 3 atom stereocenters. The summed E-state index contributed by atoms with van der Waals surface area (Å²) in [5.41, 5.74) is 2.80. The number of fused-ring (bicyclic) bond motifs is 13. The average molecular weight is 457 g/mol. The van der Waals surface area contributed by atoms with Crippen LogP contribution in [0.25, 0.3) is 43.6 Å². The first-order valence-corrected chi connectivity index (χ1v) is 11.3. The Balaban J connectivity index is 0.00000200. The minimum Gasteiger partial charge on any atom is -0.412 e. The normalized spacial score (nSPS) is 27.0. The van der Waals surface area contributed by atoms with Gasteiger partial charge in [0.1, 0.15) is 11.8 Å². The van der Waals surface area contributed by atoms with Gasteiger partial charge in [-0.1, -0.05) is 36.4 Å². The molecule has 5 heterocycles. The second kappa shape index (κ2) is 5.97. The molecule has 3 aliphatic heterocycles. The molecule has 3 aromatic carbocycles. The highest BCUT2D eigenvalue weighted by molar-refractivity contribution is 6.31. The highest BCUT2D eigenvalue weighted by atomic mass is 16.6. The first kappa shape index (κ1) is 20.0. The Bertz CT molecular complexity index is 1730. The lowest BCUT2D eigenvalue weighted by Gasteiger charge is -2.38. The summed E-state index contributed by atoms with van der Waals surface area (Å²) in [6.07, 6.45) is -0.247. The van der Waals surface area contributed by atoms with E-state index in [0.717, 1.165) is 54.7 Å². The van der Waals surface area contributed by atoms with Gasteiger partial charge in [-0.15, -0.1) is 0 Å². The fourth-order valence-corrected chi connectivity index (χ4v) is 6.73. The topological polar surface area (TPSA) is 120 Å². The van der Waals surface area contributed by atoms with Crippen LogP contribution in [-0.2, 0) is 17.0 Å². The van der Waals surface area contributed by atoms with Gasteiger partial charge in [-0.2, -0.15) is 0 Å². The lowest BCUT2D eigenvalue weighted by molar-refractivity contribution is -0.189. The number of benzene rings is 3. The number of carbonyl (C=O) groups excluding carboxylic acids is 1. The summed E-state index contributed by atoms with van der Waals surface area (Å²) in [4.78, 5) is 13.2. The van der Waals surface area contributed by atoms with E-state index in [1.165, 1.54) is 0 Å². The van der Waals surface area contributed by atoms with Crippen LogP contribution in [0.1, 0.15) is 35.5 Å². The maximum atomic E-state index is 13.2. The van der Waals surface area contributed by atoms with E-state index in [-0.39, 0.29) is 17.8 Å². The monoisotopic (exact) mass is 457 g/mol. The molecule has 172 valence electrons. The SMILES string of the molecule is C[C@]12O[C@H](C[C@]1(O)CO)n1c3ccccc3c3c4c(c5c6ccccc6n2c5c31)CNC4=O.O. The molecule has 0 unspecified atom stereocenters. The van der Waals surface area contributed by atoms with Crippen LogP contribution in [0, 0.1) is 0 Å². The summed E-state index contributed by atoms with van der Waals surface area (Å²) in [7, 11) is 0. The van der Waals surface area contributed by atoms with Crippen molar-refractivity contribution < 1.29 is 25.2 Å².